The van der Waals surface area contributed by atoms with E-state index >= 15 is 0 Å². The van der Waals surface area contributed by atoms with Crippen molar-refractivity contribution < 1.29 is 9.59 Å². The molecule has 0 unspecified atom stereocenters. The van der Waals surface area contributed by atoms with E-state index in [9.17, 15) is 9.59 Å². The molecule has 0 aliphatic heterocycles. The molecule has 5 nitrogen and oxygen atoms in total. The van der Waals surface area contributed by atoms with Crippen LogP contribution in [0.5, 0.6) is 0 Å². The number of carbonyl (C=O) groups excluding carboxylic acids is 2. The molecule has 1 aliphatic carbocycles. The molecule has 78 valence electrons. The summed E-state index contributed by atoms with van der Waals surface area (Å²) in [6.07, 6.45) is 4.73. The quantitative estimate of drug-likeness (QED) is 0.754. The first-order valence-corrected chi connectivity index (χ1v) is 4.73. The standard InChI is InChI=1S/C10H11N3O2/c11-9(14)7-3-4-12-5-8(7)13-10(15)6-1-2-6/h3-6H,1-2H2,(H2,11,14)(H,13,15). The second kappa shape index (κ2) is 3.68. The number of nitrogens with zero attached hydrogens (tertiary/aromatic N) is 1. The van der Waals surface area contributed by atoms with Crippen molar-refractivity contribution >= 4 is 17.5 Å². The van der Waals surface area contributed by atoms with Gasteiger partial charge in [0.2, 0.25) is 5.91 Å². The molecule has 0 bridgehead atoms. The monoisotopic (exact) mass is 205 g/mol. The second-order valence-corrected chi connectivity index (χ2v) is 3.55. The topological polar surface area (TPSA) is 85.1 Å². The summed E-state index contributed by atoms with van der Waals surface area (Å²) < 4.78 is 0. The number of hydrogen-bond donors (Lipinski definition) is 2. The summed E-state index contributed by atoms with van der Waals surface area (Å²) in [5, 5.41) is 2.65. The molecule has 0 radical (unpaired) electrons. The predicted molar refractivity (Wildman–Crippen MR) is 54.1 cm³/mol. The van der Waals surface area contributed by atoms with Gasteiger partial charge in [-0.05, 0) is 18.9 Å². The van der Waals surface area contributed by atoms with Crippen LogP contribution in [0.1, 0.15) is 23.2 Å². The predicted octanol–water partition coefficient (Wildman–Crippen LogP) is 0.529. The molecular weight excluding hydrogens is 194 g/mol. The molecule has 15 heavy (non-hydrogen) atoms. The molecule has 2 amide bonds. The van der Waals surface area contributed by atoms with Crippen molar-refractivity contribution in [1.29, 1.82) is 0 Å². The summed E-state index contributed by atoms with van der Waals surface area (Å²) in [5.41, 5.74) is 5.85. The lowest BCUT2D eigenvalue weighted by molar-refractivity contribution is -0.117. The van der Waals surface area contributed by atoms with E-state index in [-0.39, 0.29) is 11.8 Å². The molecule has 0 atom stereocenters. The van der Waals surface area contributed by atoms with E-state index in [1.807, 2.05) is 0 Å². The number of hydrogen-bond acceptors (Lipinski definition) is 3. The lowest BCUT2D eigenvalue weighted by Gasteiger charge is -2.06. The molecule has 1 aliphatic rings. The normalized spacial score (nSPS) is 14.7. The SMILES string of the molecule is NC(=O)c1ccncc1NC(=O)C1CC1. The van der Waals surface area contributed by atoms with E-state index in [0.29, 0.717) is 11.3 Å². The van der Waals surface area contributed by atoms with Gasteiger partial charge in [-0.25, -0.2) is 0 Å². The average molecular weight is 205 g/mol. The van der Waals surface area contributed by atoms with E-state index < -0.39 is 5.91 Å². The van der Waals surface area contributed by atoms with Gasteiger partial charge in [-0.3, -0.25) is 14.6 Å². The number of rotatable bonds is 3. The van der Waals surface area contributed by atoms with Gasteiger partial charge in [-0.1, -0.05) is 0 Å². The minimum atomic E-state index is -0.566. The first-order chi connectivity index (χ1) is 7.18. The summed E-state index contributed by atoms with van der Waals surface area (Å²) in [6, 6.07) is 1.49. The van der Waals surface area contributed by atoms with Gasteiger partial charge in [-0.2, -0.15) is 0 Å². The first-order valence-electron chi connectivity index (χ1n) is 4.73. The third-order valence-corrected chi connectivity index (χ3v) is 2.29. The minimum Gasteiger partial charge on any atom is -0.366 e. The summed E-state index contributed by atoms with van der Waals surface area (Å²) in [5.74, 6) is -0.542. The lowest BCUT2D eigenvalue weighted by atomic mass is 10.2. The summed E-state index contributed by atoms with van der Waals surface area (Å²) in [7, 11) is 0. The van der Waals surface area contributed by atoms with Crippen LogP contribution in [0.15, 0.2) is 18.5 Å². The van der Waals surface area contributed by atoms with Crippen LogP contribution in [0.3, 0.4) is 0 Å². The van der Waals surface area contributed by atoms with E-state index in [0.717, 1.165) is 12.8 Å². The molecule has 1 aromatic rings. The van der Waals surface area contributed by atoms with Crippen molar-refractivity contribution in [3.05, 3.63) is 24.0 Å². The van der Waals surface area contributed by atoms with Crippen LogP contribution in [0.2, 0.25) is 0 Å². The van der Waals surface area contributed by atoms with Gasteiger partial charge in [0, 0.05) is 12.1 Å². The fourth-order valence-corrected chi connectivity index (χ4v) is 1.29. The summed E-state index contributed by atoms with van der Waals surface area (Å²) in [6.45, 7) is 0. The highest BCUT2D eigenvalue weighted by atomic mass is 16.2. The van der Waals surface area contributed by atoms with Crippen molar-refractivity contribution in [3.8, 4) is 0 Å². The van der Waals surface area contributed by atoms with Crippen molar-refractivity contribution in [3.63, 3.8) is 0 Å². The van der Waals surface area contributed by atoms with Gasteiger partial charge in [0.15, 0.2) is 0 Å². The smallest absolute Gasteiger partial charge is 0.250 e. The van der Waals surface area contributed by atoms with Crippen LogP contribution in [-0.4, -0.2) is 16.8 Å². The van der Waals surface area contributed by atoms with Crippen LogP contribution in [0, 0.1) is 5.92 Å². The van der Waals surface area contributed by atoms with Gasteiger partial charge in [0.1, 0.15) is 0 Å². The van der Waals surface area contributed by atoms with Crippen LogP contribution >= 0.6 is 0 Å². The van der Waals surface area contributed by atoms with Gasteiger partial charge in [0.25, 0.3) is 5.91 Å². The third kappa shape index (κ3) is 2.12. The van der Waals surface area contributed by atoms with Crippen LogP contribution < -0.4 is 11.1 Å². The van der Waals surface area contributed by atoms with Crippen molar-refractivity contribution in [2.45, 2.75) is 12.8 Å². The van der Waals surface area contributed by atoms with Gasteiger partial charge in [0.05, 0.1) is 17.4 Å². The van der Waals surface area contributed by atoms with Gasteiger partial charge in [-0.15, -0.1) is 0 Å². The van der Waals surface area contributed by atoms with Crippen molar-refractivity contribution in [2.75, 3.05) is 5.32 Å². The number of amides is 2. The Balaban J connectivity index is 2.19. The van der Waals surface area contributed by atoms with E-state index in [4.69, 9.17) is 5.73 Å². The number of pyridine rings is 1. The molecular formula is C10H11N3O2. The van der Waals surface area contributed by atoms with E-state index in [2.05, 4.69) is 10.3 Å². The second-order valence-electron chi connectivity index (χ2n) is 3.55. The lowest BCUT2D eigenvalue weighted by Crippen LogP contribution is -2.19. The zero-order valence-corrected chi connectivity index (χ0v) is 8.06. The Hall–Kier alpha value is -1.91. The molecule has 1 fully saturated rings. The van der Waals surface area contributed by atoms with Gasteiger partial charge >= 0.3 is 0 Å². The first kappa shape index (κ1) is 9.64. The average Bonchev–Trinajstić information content (AvgIpc) is 3.01. The summed E-state index contributed by atoms with van der Waals surface area (Å²) >= 11 is 0. The zero-order valence-electron chi connectivity index (χ0n) is 8.06. The van der Waals surface area contributed by atoms with Crippen molar-refractivity contribution in [2.24, 2.45) is 11.7 Å². The van der Waals surface area contributed by atoms with Crippen LogP contribution in [0.25, 0.3) is 0 Å². The minimum absolute atomic E-state index is 0.0644. The number of nitrogens with two attached hydrogens (primary N) is 1. The van der Waals surface area contributed by atoms with Crippen LogP contribution in [0.4, 0.5) is 5.69 Å². The maximum absolute atomic E-state index is 11.5. The Morgan fingerprint density at radius 2 is 2.20 bits per heavy atom. The molecule has 0 aromatic carbocycles. The molecule has 2 rings (SSSR count). The molecule has 0 saturated heterocycles. The highest BCUT2D eigenvalue weighted by Crippen LogP contribution is 2.30. The zero-order chi connectivity index (χ0) is 10.8. The molecule has 3 N–H and O–H groups in total. The number of primary amides is 1. The fourth-order valence-electron chi connectivity index (χ4n) is 1.29. The van der Waals surface area contributed by atoms with Gasteiger partial charge < -0.3 is 11.1 Å². The molecule has 5 heteroatoms. The number of carbonyl (C=O) groups is 2. The Morgan fingerprint density at radius 1 is 1.47 bits per heavy atom. The Labute approximate surface area is 86.7 Å². The Kier molecular flexibility index (Phi) is 2.37. The van der Waals surface area contributed by atoms with Crippen LogP contribution in [-0.2, 0) is 4.79 Å². The molecule has 0 spiro atoms. The number of anilines is 1. The Morgan fingerprint density at radius 3 is 2.80 bits per heavy atom. The maximum Gasteiger partial charge on any atom is 0.250 e. The highest BCUT2D eigenvalue weighted by Gasteiger charge is 2.30. The van der Waals surface area contributed by atoms with Crippen molar-refractivity contribution in [1.82, 2.24) is 4.98 Å². The largest absolute Gasteiger partial charge is 0.366 e. The number of aromatic nitrogens is 1. The fraction of sp³-hybridized carbons (Fsp3) is 0.300. The Bertz CT molecular complexity index is 413. The summed E-state index contributed by atoms with van der Waals surface area (Å²) in [4.78, 5) is 26.3. The third-order valence-electron chi connectivity index (χ3n) is 2.29. The molecule has 1 aromatic heterocycles. The number of nitrogens with one attached hydrogen (secondary N) is 1. The molecule has 1 heterocycles. The highest BCUT2D eigenvalue weighted by molar-refractivity contribution is 6.03. The maximum atomic E-state index is 11.5. The molecule has 1 saturated carbocycles. The van der Waals surface area contributed by atoms with E-state index in [1.165, 1.54) is 18.5 Å². The van der Waals surface area contributed by atoms with E-state index in [1.54, 1.807) is 0 Å².